The van der Waals surface area contributed by atoms with Crippen molar-refractivity contribution in [2.24, 2.45) is 0 Å². The summed E-state index contributed by atoms with van der Waals surface area (Å²) < 4.78 is 32.0. The molecule has 6 nitrogen and oxygen atoms in total. The van der Waals surface area contributed by atoms with E-state index in [1.165, 1.54) is 11.3 Å². The molecule has 0 fully saturated rings. The van der Waals surface area contributed by atoms with Crippen molar-refractivity contribution in [2.75, 3.05) is 6.61 Å². The number of carbonyl (C=O) groups is 1. The van der Waals surface area contributed by atoms with Gasteiger partial charge in [0.05, 0.1) is 0 Å². The molecule has 0 spiro atoms. The Balaban J connectivity index is 2.02. The number of rotatable bonds is 7. The summed E-state index contributed by atoms with van der Waals surface area (Å²) in [6, 6.07) is 9.94. The number of aryl methyl sites for hydroxylation is 1. The van der Waals surface area contributed by atoms with Crippen molar-refractivity contribution in [3.63, 3.8) is 0 Å². The van der Waals surface area contributed by atoms with E-state index in [9.17, 15) is 13.2 Å². The van der Waals surface area contributed by atoms with Crippen molar-refractivity contribution in [1.29, 1.82) is 0 Å². The van der Waals surface area contributed by atoms with E-state index in [2.05, 4.69) is 4.72 Å². The molecule has 0 amide bonds. The largest absolute Gasteiger partial charge is 0.482 e. The second-order valence-corrected chi connectivity index (χ2v) is 7.80. The molecule has 0 radical (unpaired) electrons. The highest BCUT2D eigenvalue weighted by Crippen LogP contribution is 2.21. The lowest BCUT2D eigenvalue weighted by molar-refractivity contribution is -0.139. The lowest BCUT2D eigenvalue weighted by Crippen LogP contribution is -2.22. The molecule has 8 heteroatoms. The van der Waals surface area contributed by atoms with Gasteiger partial charge in [0.1, 0.15) is 9.96 Å². The lowest BCUT2D eigenvalue weighted by Gasteiger charge is -2.07. The average molecular weight is 341 g/mol. The number of hydrogen-bond acceptors (Lipinski definition) is 5. The highest BCUT2D eigenvalue weighted by atomic mass is 32.2. The van der Waals surface area contributed by atoms with Crippen molar-refractivity contribution in [3.8, 4) is 5.75 Å². The number of benzene rings is 1. The van der Waals surface area contributed by atoms with Gasteiger partial charge in [0, 0.05) is 11.4 Å². The van der Waals surface area contributed by atoms with Gasteiger partial charge in [-0.3, -0.25) is 0 Å². The van der Waals surface area contributed by atoms with Crippen LogP contribution in [-0.4, -0.2) is 26.1 Å². The van der Waals surface area contributed by atoms with Crippen molar-refractivity contribution in [3.05, 3.63) is 46.8 Å². The minimum atomic E-state index is -3.54. The predicted molar refractivity (Wildman–Crippen MR) is 82.7 cm³/mol. The highest BCUT2D eigenvalue weighted by molar-refractivity contribution is 7.91. The molecule has 0 aliphatic rings. The number of thiophene rings is 1. The molecule has 2 N–H and O–H groups in total. The van der Waals surface area contributed by atoms with E-state index in [1.807, 2.05) is 6.92 Å². The number of carboxylic acids is 1. The molecular weight excluding hydrogens is 326 g/mol. The lowest BCUT2D eigenvalue weighted by atomic mass is 10.2. The normalized spacial score (nSPS) is 11.3. The summed E-state index contributed by atoms with van der Waals surface area (Å²) >= 11 is 1.20. The minimum absolute atomic E-state index is 0.101. The molecule has 0 unspecified atom stereocenters. The number of nitrogens with one attached hydrogen (secondary N) is 1. The maximum Gasteiger partial charge on any atom is 0.341 e. The maximum atomic E-state index is 12.1. The molecule has 0 saturated carbocycles. The van der Waals surface area contributed by atoms with E-state index >= 15 is 0 Å². The van der Waals surface area contributed by atoms with E-state index in [-0.39, 0.29) is 10.8 Å². The number of carboxylic acid groups (broad SMARTS) is 1. The van der Waals surface area contributed by atoms with E-state index in [4.69, 9.17) is 9.84 Å². The monoisotopic (exact) mass is 341 g/mol. The minimum Gasteiger partial charge on any atom is -0.482 e. The van der Waals surface area contributed by atoms with Crippen LogP contribution < -0.4 is 9.46 Å². The van der Waals surface area contributed by atoms with Crippen molar-refractivity contribution < 1.29 is 23.1 Å². The van der Waals surface area contributed by atoms with Crippen LogP contribution in [0.2, 0.25) is 0 Å². The first-order valence-corrected chi connectivity index (χ1v) is 8.66. The Morgan fingerprint density at radius 2 is 2.09 bits per heavy atom. The van der Waals surface area contributed by atoms with Crippen LogP contribution in [0.25, 0.3) is 0 Å². The zero-order chi connectivity index (χ0) is 16.2. The van der Waals surface area contributed by atoms with Gasteiger partial charge in [-0.15, -0.1) is 11.3 Å². The van der Waals surface area contributed by atoms with Crippen molar-refractivity contribution in [1.82, 2.24) is 4.72 Å². The number of hydrogen-bond donors (Lipinski definition) is 2. The summed E-state index contributed by atoms with van der Waals surface area (Å²) in [4.78, 5) is 11.4. The Bertz CT molecular complexity index is 767. The zero-order valence-corrected chi connectivity index (χ0v) is 13.4. The van der Waals surface area contributed by atoms with Crippen LogP contribution in [-0.2, 0) is 21.4 Å². The fourth-order valence-corrected chi connectivity index (χ4v) is 4.04. The Morgan fingerprint density at radius 3 is 2.73 bits per heavy atom. The van der Waals surface area contributed by atoms with Gasteiger partial charge in [-0.25, -0.2) is 17.9 Å². The Kier molecular flexibility index (Phi) is 5.17. The van der Waals surface area contributed by atoms with Gasteiger partial charge in [0.15, 0.2) is 6.61 Å². The first kappa shape index (κ1) is 16.5. The molecule has 0 saturated heterocycles. The van der Waals surface area contributed by atoms with Crippen LogP contribution >= 0.6 is 11.3 Å². The van der Waals surface area contributed by atoms with Crippen LogP contribution in [0.3, 0.4) is 0 Å². The van der Waals surface area contributed by atoms with Crippen LogP contribution in [0.5, 0.6) is 5.75 Å². The smallest absolute Gasteiger partial charge is 0.341 e. The molecule has 118 valence electrons. The molecule has 2 rings (SSSR count). The number of aliphatic carboxylic acids is 1. The second-order valence-electron chi connectivity index (χ2n) is 4.52. The molecule has 0 aliphatic carbocycles. The van der Waals surface area contributed by atoms with Crippen LogP contribution in [0.15, 0.2) is 40.6 Å². The first-order valence-electron chi connectivity index (χ1n) is 6.36. The number of ether oxygens (including phenoxy) is 1. The third kappa shape index (κ3) is 4.55. The fourth-order valence-electron chi connectivity index (χ4n) is 1.70. The zero-order valence-electron chi connectivity index (χ0n) is 11.8. The summed E-state index contributed by atoms with van der Waals surface area (Å²) in [6.45, 7) is 1.50. The van der Waals surface area contributed by atoms with Gasteiger partial charge < -0.3 is 9.84 Å². The van der Waals surface area contributed by atoms with Crippen molar-refractivity contribution >= 4 is 27.3 Å². The van der Waals surface area contributed by atoms with Gasteiger partial charge in [-0.2, -0.15) is 0 Å². The third-order valence-electron chi connectivity index (χ3n) is 2.71. The fraction of sp³-hybridized carbons (Fsp3) is 0.214. The second kappa shape index (κ2) is 6.91. The van der Waals surface area contributed by atoms with E-state index in [0.717, 1.165) is 4.88 Å². The number of sulfonamides is 1. The predicted octanol–water partition coefficient (Wildman–Crippen LogP) is 2.00. The molecule has 22 heavy (non-hydrogen) atoms. The van der Waals surface area contributed by atoms with Gasteiger partial charge >= 0.3 is 5.97 Å². The quantitative estimate of drug-likeness (QED) is 0.803. The van der Waals surface area contributed by atoms with Gasteiger partial charge in [-0.05, 0) is 36.8 Å². The van der Waals surface area contributed by atoms with Crippen LogP contribution in [0, 0.1) is 6.92 Å². The van der Waals surface area contributed by atoms with E-state index in [0.29, 0.717) is 11.3 Å². The summed E-state index contributed by atoms with van der Waals surface area (Å²) in [5.74, 6) is -0.690. The SMILES string of the molecule is Cc1ccc(S(=O)(=O)NCc2cccc(OCC(=O)O)c2)s1. The Labute approximate surface area is 132 Å². The Hall–Kier alpha value is -1.90. The molecular formula is C14H15NO5S2. The van der Waals surface area contributed by atoms with Crippen LogP contribution in [0.1, 0.15) is 10.4 Å². The van der Waals surface area contributed by atoms with Crippen LogP contribution in [0.4, 0.5) is 0 Å². The Morgan fingerprint density at radius 1 is 1.32 bits per heavy atom. The van der Waals surface area contributed by atoms with E-state index in [1.54, 1.807) is 36.4 Å². The first-order chi connectivity index (χ1) is 10.4. The highest BCUT2D eigenvalue weighted by Gasteiger charge is 2.15. The van der Waals surface area contributed by atoms with Gasteiger partial charge in [0.25, 0.3) is 0 Å². The molecule has 1 aromatic carbocycles. The summed E-state index contributed by atoms with van der Waals surface area (Å²) in [5, 5.41) is 8.57. The third-order valence-corrected chi connectivity index (χ3v) is 5.60. The summed E-state index contributed by atoms with van der Waals surface area (Å²) in [7, 11) is -3.54. The molecule has 0 bridgehead atoms. The average Bonchev–Trinajstić information content (AvgIpc) is 2.91. The summed E-state index contributed by atoms with van der Waals surface area (Å²) in [5.41, 5.74) is 0.680. The van der Waals surface area contributed by atoms with E-state index < -0.39 is 22.6 Å². The molecule has 2 aromatic rings. The molecule has 0 aliphatic heterocycles. The summed E-state index contributed by atoms with van der Waals surface area (Å²) in [6.07, 6.45) is 0. The van der Waals surface area contributed by atoms with Gasteiger partial charge in [0.2, 0.25) is 10.0 Å². The van der Waals surface area contributed by atoms with Gasteiger partial charge in [-0.1, -0.05) is 12.1 Å². The molecule has 0 atom stereocenters. The topological polar surface area (TPSA) is 92.7 Å². The maximum absolute atomic E-state index is 12.1. The standard InChI is InChI=1S/C14H15NO5S2/c1-10-5-6-14(21-10)22(18,19)15-8-11-3-2-4-12(7-11)20-9-13(16)17/h2-7,15H,8-9H2,1H3,(H,16,17). The molecule has 1 aromatic heterocycles. The van der Waals surface area contributed by atoms with Crippen molar-refractivity contribution in [2.45, 2.75) is 17.7 Å². The molecule has 1 heterocycles.